The highest BCUT2D eigenvalue weighted by Crippen LogP contribution is 2.43. The normalized spacial score (nSPS) is 16.4. The van der Waals surface area contributed by atoms with Gasteiger partial charge in [-0.25, -0.2) is 4.57 Å². The molecule has 6 nitrogen and oxygen atoms in total. The zero-order valence-corrected chi connectivity index (χ0v) is 8.16. The molecule has 0 aliphatic rings. The average molecular weight is 198 g/mol. The van der Waals surface area contributed by atoms with E-state index in [2.05, 4.69) is 9.15 Å². The number of hydrogen-bond acceptors (Lipinski definition) is 5. The van der Waals surface area contributed by atoms with Crippen molar-refractivity contribution in [3.8, 4) is 0 Å². The summed E-state index contributed by atoms with van der Waals surface area (Å²) in [4.78, 5) is 8.94. The van der Waals surface area contributed by atoms with Crippen LogP contribution in [0.15, 0.2) is 0 Å². The molecule has 0 amide bonds. The second-order valence-corrected chi connectivity index (χ2v) is 3.70. The zero-order valence-electron chi connectivity index (χ0n) is 7.27. The van der Waals surface area contributed by atoms with Crippen molar-refractivity contribution >= 4 is 7.82 Å². The van der Waals surface area contributed by atoms with Crippen molar-refractivity contribution in [1.29, 1.82) is 0 Å². The fourth-order valence-corrected chi connectivity index (χ4v) is 1.31. The van der Waals surface area contributed by atoms with Crippen molar-refractivity contribution < 1.29 is 18.6 Å². The monoisotopic (exact) mass is 198 g/mol. The number of phosphoric acid groups is 1. The quantitative estimate of drug-likeness (QED) is 0.353. The Hall–Kier alpha value is 0.0300. The SMILES string of the molecule is CN(C)OP(=O)(O)OCCCN. The van der Waals surface area contributed by atoms with Gasteiger partial charge in [0.1, 0.15) is 0 Å². The zero-order chi connectivity index (χ0) is 9.61. The molecule has 0 aliphatic heterocycles. The van der Waals surface area contributed by atoms with Gasteiger partial charge in [-0.15, -0.1) is 0 Å². The standard InChI is InChI=1S/C5H15N2O4P/c1-7(2)11-12(8,9)10-5-3-4-6/h3-6H2,1-2H3,(H,8,9). The molecule has 0 aromatic heterocycles. The molecule has 0 rings (SSSR count). The number of hydrogen-bond donors (Lipinski definition) is 2. The molecule has 0 aromatic carbocycles. The average Bonchev–Trinajstić information content (AvgIpc) is 1.84. The van der Waals surface area contributed by atoms with E-state index >= 15 is 0 Å². The van der Waals surface area contributed by atoms with E-state index < -0.39 is 7.82 Å². The maximum Gasteiger partial charge on any atom is 0.488 e. The first-order valence-electron chi connectivity index (χ1n) is 3.52. The number of hydroxylamine groups is 2. The molecule has 1 unspecified atom stereocenters. The third-order valence-electron chi connectivity index (χ3n) is 0.869. The maximum atomic E-state index is 10.9. The van der Waals surface area contributed by atoms with E-state index in [9.17, 15) is 4.57 Å². The lowest BCUT2D eigenvalue weighted by molar-refractivity contribution is -0.0416. The molecule has 12 heavy (non-hydrogen) atoms. The number of nitrogens with zero attached hydrogens (tertiary/aromatic N) is 1. The molecule has 0 aliphatic carbocycles. The number of nitrogens with two attached hydrogens (primary N) is 1. The summed E-state index contributed by atoms with van der Waals surface area (Å²) in [5, 5.41) is 1.11. The summed E-state index contributed by atoms with van der Waals surface area (Å²) in [6, 6.07) is 0. The van der Waals surface area contributed by atoms with E-state index in [1.807, 2.05) is 0 Å². The van der Waals surface area contributed by atoms with Gasteiger partial charge in [0, 0.05) is 14.1 Å². The van der Waals surface area contributed by atoms with E-state index in [4.69, 9.17) is 10.6 Å². The summed E-state index contributed by atoms with van der Waals surface area (Å²) in [5.74, 6) is 0. The van der Waals surface area contributed by atoms with Gasteiger partial charge in [0.15, 0.2) is 0 Å². The van der Waals surface area contributed by atoms with Gasteiger partial charge in [-0.1, -0.05) is 0 Å². The molecule has 0 fully saturated rings. The van der Waals surface area contributed by atoms with Gasteiger partial charge >= 0.3 is 7.82 Å². The van der Waals surface area contributed by atoms with E-state index in [0.29, 0.717) is 13.0 Å². The molecule has 74 valence electrons. The van der Waals surface area contributed by atoms with Crippen molar-refractivity contribution in [1.82, 2.24) is 5.06 Å². The van der Waals surface area contributed by atoms with Crippen LogP contribution in [0.3, 0.4) is 0 Å². The molecule has 0 heterocycles. The third kappa shape index (κ3) is 6.72. The van der Waals surface area contributed by atoms with Gasteiger partial charge in [-0.3, -0.25) is 4.52 Å². The Morgan fingerprint density at radius 1 is 1.58 bits per heavy atom. The molecular formula is C5H15N2O4P. The molecule has 0 radical (unpaired) electrons. The van der Waals surface area contributed by atoms with Crippen LogP contribution in [0.25, 0.3) is 0 Å². The maximum absolute atomic E-state index is 10.9. The van der Waals surface area contributed by atoms with E-state index in [-0.39, 0.29) is 6.61 Å². The largest absolute Gasteiger partial charge is 0.488 e. The Bertz CT molecular complexity index is 164. The van der Waals surface area contributed by atoms with E-state index in [0.717, 1.165) is 5.06 Å². The summed E-state index contributed by atoms with van der Waals surface area (Å²) in [6.07, 6.45) is 0.529. The van der Waals surface area contributed by atoms with Crippen LogP contribution >= 0.6 is 7.82 Å². The Balaban J connectivity index is 3.64. The second-order valence-electron chi connectivity index (χ2n) is 2.34. The first-order chi connectivity index (χ1) is 5.48. The topological polar surface area (TPSA) is 85.0 Å². The summed E-state index contributed by atoms with van der Waals surface area (Å²) in [7, 11) is -0.918. The van der Waals surface area contributed by atoms with Crippen LogP contribution in [0.5, 0.6) is 0 Å². The first kappa shape index (κ1) is 12.0. The minimum absolute atomic E-state index is 0.123. The molecular weight excluding hydrogens is 183 g/mol. The highest BCUT2D eigenvalue weighted by molar-refractivity contribution is 7.47. The van der Waals surface area contributed by atoms with Gasteiger partial charge < -0.3 is 10.6 Å². The van der Waals surface area contributed by atoms with Crippen molar-refractivity contribution in [3.63, 3.8) is 0 Å². The summed E-state index contributed by atoms with van der Waals surface area (Å²) < 4.78 is 19.9. The van der Waals surface area contributed by atoms with Crippen molar-refractivity contribution in [2.24, 2.45) is 5.73 Å². The van der Waals surface area contributed by atoms with Crippen LogP contribution < -0.4 is 5.73 Å². The fourth-order valence-electron chi connectivity index (χ4n) is 0.493. The van der Waals surface area contributed by atoms with Crippen molar-refractivity contribution in [2.45, 2.75) is 6.42 Å². The van der Waals surface area contributed by atoms with Gasteiger partial charge in [-0.05, 0) is 13.0 Å². The third-order valence-corrected chi connectivity index (χ3v) is 1.91. The van der Waals surface area contributed by atoms with Crippen LogP contribution in [-0.4, -0.2) is 37.2 Å². The molecule has 0 bridgehead atoms. The molecule has 1 atom stereocenters. The minimum Gasteiger partial charge on any atom is -0.330 e. The summed E-state index contributed by atoms with van der Waals surface area (Å²) in [5.41, 5.74) is 5.16. The summed E-state index contributed by atoms with van der Waals surface area (Å²) >= 11 is 0. The van der Waals surface area contributed by atoms with Crippen LogP contribution in [0.4, 0.5) is 0 Å². The van der Waals surface area contributed by atoms with Crippen LogP contribution in [-0.2, 0) is 13.7 Å². The van der Waals surface area contributed by atoms with Crippen LogP contribution in [0.1, 0.15) is 6.42 Å². The van der Waals surface area contributed by atoms with Gasteiger partial charge in [-0.2, -0.15) is 9.69 Å². The molecule has 0 aromatic rings. The predicted molar refractivity (Wildman–Crippen MR) is 44.2 cm³/mol. The van der Waals surface area contributed by atoms with Crippen molar-refractivity contribution in [2.75, 3.05) is 27.2 Å². The van der Waals surface area contributed by atoms with Crippen LogP contribution in [0.2, 0.25) is 0 Å². The highest BCUT2D eigenvalue weighted by atomic mass is 31.2. The van der Waals surface area contributed by atoms with Gasteiger partial charge in [0.05, 0.1) is 6.61 Å². The van der Waals surface area contributed by atoms with Crippen molar-refractivity contribution in [3.05, 3.63) is 0 Å². The van der Waals surface area contributed by atoms with E-state index in [1.54, 1.807) is 0 Å². The lowest BCUT2D eigenvalue weighted by Gasteiger charge is -2.15. The number of rotatable bonds is 6. The Morgan fingerprint density at radius 3 is 2.58 bits per heavy atom. The van der Waals surface area contributed by atoms with Crippen LogP contribution in [0, 0.1) is 0 Å². The fraction of sp³-hybridized carbons (Fsp3) is 1.00. The lowest BCUT2D eigenvalue weighted by Crippen LogP contribution is -2.12. The Kier molecular flexibility index (Phi) is 5.65. The molecule has 0 spiro atoms. The lowest BCUT2D eigenvalue weighted by atomic mass is 10.5. The van der Waals surface area contributed by atoms with E-state index in [1.165, 1.54) is 14.1 Å². The van der Waals surface area contributed by atoms with Gasteiger partial charge in [0.25, 0.3) is 0 Å². The number of phosphoric ester groups is 1. The second kappa shape index (κ2) is 5.64. The summed E-state index contributed by atoms with van der Waals surface area (Å²) in [6.45, 7) is 0.542. The first-order valence-corrected chi connectivity index (χ1v) is 5.02. The van der Waals surface area contributed by atoms with Gasteiger partial charge in [0.2, 0.25) is 0 Å². The molecule has 3 N–H and O–H groups in total. The minimum atomic E-state index is -3.91. The Morgan fingerprint density at radius 2 is 2.17 bits per heavy atom. The predicted octanol–water partition coefficient (Wildman–Crippen LogP) is -0.0546. The highest BCUT2D eigenvalue weighted by Gasteiger charge is 2.21. The molecule has 0 saturated carbocycles. The molecule has 0 saturated heterocycles. The Labute approximate surface area is 71.8 Å². The molecule has 7 heteroatoms. The smallest absolute Gasteiger partial charge is 0.330 e.